The molecule has 1 heterocycles. The fourth-order valence-corrected chi connectivity index (χ4v) is 2.04. The fraction of sp³-hybridized carbons (Fsp3) is 0.0556. The van der Waals surface area contributed by atoms with Crippen molar-refractivity contribution in [2.75, 3.05) is 5.32 Å². The normalized spacial score (nSPS) is 10.2. The third kappa shape index (κ3) is 3.55. The maximum atomic E-state index is 9.31. The summed E-state index contributed by atoms with van der Waals surface area (Å²) >= 11 is 0. The van der Waals surface area contributed by atoms with Gasteiger partial charge in [-0.15, -0.1) is 0 Å². The maximum Gasteiger partial charge on any atom is 0.150 e. The summed E-state index contributed by atoms with van der Waals surface area (Å²) in [5.41, 5.74) is 2.00. The summed E-state index contributed by atoms with van der Waals surface area (Å²) in [6, 6.07) is 18.3. The van der Waals surface area contributed by atoms with Gasteiger partial charge in [0.15, 0.2) is 5.75 Å². The average molecular weight is 292 g/mol. The van der Waals surface area contributed by atoms with Crippen molar-refractivity contribution in [1.29, 1.82) is 0 Å². The van der Waals surface area contributed by atoms with E-state index in [1.807, 2.05) is 42.6 Å². The minimum Gasteiger partial charge on any atom is -0.508 e. The van der Waals surface area contributed by atoms with Gasteiger partial charge in [0.25, 0.3) is 0 Å². The molecule has 1 aromatic heterocycles. The minimum absolute atomic E-state index is 0.218. The molecular formula is C18H16N2O2. The Balaban J connectivity index is 1.73. The molecule has 0 unspecified atom stereocenters. The molecule has 4 nitrogen and oxygen atoms in total. The van der Waals surface area contributed by atoms with E-state index in [0.717, 1.165) is 17.0 Å². The monoisotopic (exact) mass is 292 g/mol. The summed E-state index contributed by atoms with van der Waals surface area (Å²) in [5.74, 6) is 1.63. The highest BCUT2D eigenvalue weighted by Crippen LogP contribution is 2.30. The van der Waals surface area contributed by atoms with Gasteiger partial charge in [-0.2, -0.15) is 0 Å². The number of nitrogens with one attached hydrogen (secondary N) is 1. The molecule has 22 heavy (non-hydrogen) atoms. The van der Waals surface area contributed by atoms with Crippen molar-refractivity contribution < 1.29 is 9.84 Å². The Bertz CT molecular complexity index is 728. The van der Waals surface area contributed by atoms with Crippen LogP contribution in [0, 0.1) is 0 Å². The number of phenolic OH excluding ortho intramolecular Hbond substituents is 1. The lowest BCUT2D eigenvalue weighted by Gasteiger charge is -2.13. The topological polar surface area (TPSA) is 54.4 Å². The minimum atomic E-state index is 0.218. The van der Waals surface area contributed by atoms with Crippen LogP contribution in [0.2, 0.25) is 0 Å². The molecule has 0 spiro atoms. The zero-order valence-electron chi connectivity index (χ0n) is 11.9. The van der Waals surface area contributed by atoms with Crippen molar-refractivity contribution in [3.63, 3.8) is 0 Å². The number of pyridine rings is 1. The predicted molar refractivity (Wildman–Crippen MR) is 86.2 cm³/mol. The van der Waals surface area contributed by atoms with Gasteiger partial charge in [0.2, 0.25) is 0 Å². The predicted octanol–water partition coefficient (Wildman–Crippen LogP) is 4.19. The summed E-state index contributed by atoms with van der Waals surface area (Å²) in [7, 11) is 0. The summed E-state index contributed by atoms with van der Waals surface area (Å²) in [4.78, 5) is 4.10. The van der Waals surface area contributed by atoms with Gasteiger partial charge in [-0.3, -0.25) is 4.98 Å². The molecule has 0 saturated carbocycles. The maximum absolute atomic E-state index is 9.31. The second kappa shape index (κ2) is 6.63. The lowest BCUT2D eigenvalue weighted by molar-refractivity contribution is 0.465. The van der Waals surface area contributed by atoms with E-state index in [2.05, 4.69) is 10.3 Å². The number of phenols is 1. The number of aromatic nitrogens is 1. The van der Waals surface area contributed by atoms with Gasteiger partial charge in [0, 0.05) is 18.9 Å². The Hall–Kier alpha value is -3.01. The number of hydrogen-bond donors (Lipinski definition) is 2. The third-order valence-electron chi connectivity index (χ3n) is 3.16. The number of nitrogens with zero attached hydrogens (tertiary/aromatic N) is 1. The number of benzene rings is 2. The van der Waals surface area contributed by atoms with Crippen LogP contribution >= 0.6 is 0 Å². The first kappa shape index (κ1) is 13.9. The molecule has 3 aromatic rings. The first-order valence-corrected chi connectivity index (χ1v) is 7.00. The lowest BCUT2D eigenvalue weighted by atomic mass is 10.2. The second-order valence-corrected chi connectivity index (χ2v) is 4.81. The van der Waals surface area contributed by atoms with Gasteiger partial charge in [-0.05, 0) is 48.0 Å². The van der Waals surface area contributed by atoms with Crippen molar-refractivity contribution in [1.82, 2.24) is 4.98 Å². The highest BCUT2D eigenvalue weighted by atomic mass is 16.5. The molecule has 0 saturated heterocycles. The molecule has 2 aromatic carbocycles. The molecule has 0 amide bonds. The number of anilines is 1. The highest BCUT2D eigenvalue weighted by molar-refractivity contribution is 5.57. The van der Waals surface area contributed by atoms with Crippen LogP contribution in [-0.4, -0.2) is 10.1 Å². The fourth-order valence-electron chi connectivity index (χ4n) is 2.04. The van der Waals surface area contributed by atoms with Gasteiger partial charge in [0.05, 0.1) is 5.69 Å². The molecular weight excluding hydrogens is 276 g/mol. The Labute approximate surface area is 129 Å². The van der Waals surface area contributed by atoms with E-state index in [1.165, 1.54) is 0 Å². The lowest BCUT2D eigenvalue weighted by Crippen LogP contribution is -2.01. The van der Waals surface area contributed by atoms with Crippen LogP contribution in [0.15, 0.2) is 73.1 Å². The van der Waals surface area contributed by atoms with E-state index in [0.29, 0.717) is 12.3 Å². The van der Waals surface area contributed by atoms with Gasteiger partial charge in [0.1, 0.15) is 11.5 Å². The van der Waals surface area contributed by atoms with E-state index in [4.69, 9.17) is 4.74 Å². The quantitative estimate of drug-likeness (QED) is 0.740. The molecule has 3 rings (SSSR count). The zero-order chi connectivity index (χ0) is 15.2. The largest absolute Gasteiger partial charge is 0.508 e. The zero-order valence-corrected chi connectivity index (χ0v) is 11.9. The standard InChI is InChI=1S/C18H16N2O2/c21-15-7-9-16(10-8-15)22-18-6-2-1-5-17(18)20-13-14-4-3-11-19-12-14/h1-12,20-21H,13H2. The smallest absolute Gasteiger partial charge is 0.150 e. The van der Waals surface area contributed by atoms with Crippen LogP contribution < -0.4 is 10.1 Å². The Morgan fingerprint density at radius 3 is 2.55 bits per heavy atom. The van der Waals surface area contributed by atoms with Crippen LogP contribution in [0.5, 0.6) is 17.2 Å². The van der Waals surface area contributed by atoms with Gasteiger partial charge in [-0.1, -0.05) is 18.2 Å². The highest BCUT2D eigenvalue weighted by Gasteiger charge is 2.04. The van der Waals surface area contributed by atoms with Crippen LogP contribution in [0.3, 0.4) is 0 Å². The number of ether oxygens (including phenoxy) is 1. The van der Waals surface area contributed by atoms with Crippen molar-refractivity contribution in [3.8, 4) is 17.2 Å². The number of aromatic hydroxyl groups is 1. The molecule has 0 fully saturated rings. The molecule has 0 aliphatic heterocycles. The Morgan fingerprint density at radius 1 is 0.955 bits per heavy atom. The number of para-hydroxylation sites is 2. The molecule has 0 bridgehead atoms. The Kier molecular flexibility index (Phi) is 4.20. The van der Waals surface area contributed by atoms with Gasteiger partial charge in [-0.25, -0.2) is 0 Å². The number of hydrogen-bond acceptors (Lipinski definition) is 4. The summed E-state index contributed by atoms with van der Waals surface area (Å²) in [6.45, 7) is 0.670. The molecule has 110 valence electrons. The van der Waals surface area contributed by atoms with Crippen molar-refractivity contribution >= 4 is 5.69 Å². The van der Waals surface area contributed by atoms with Gasteiger partial charge < -0.3 is 15.2 Å². The molecule has 0 radical (unpaired) electrons. The second-order valence-electron chi connectivity index (χ2n) is 4.81. The molecule has 0 aliphatic carbocycles. The molecule has 0 aliphatic rings. The van der Waals surface area contributed by atoms with Crippen LogP contribution in [0.4, 0.5) is 5.69 Å². The molecule has 2 N–H and O–H groups in total. The average Bonchev–Trinajstić information content (AvgIpc) is 2.57. The summed E-state index contributed by atoms with van der Waals surface area (Å²) in [6.07, 6.45) is 3.59. The van der Waals surface area contributed by atoms with Crippen molar-refractivity contribution in [2.24, 2.45) is 0 Å². The van der Waals surface area contributed by atoms with Gasteiger partial charge >= 0.3 is 0 Å². The van der Waals surface area contributed by atoms with E-state index in [1.54, 1.807) is 30.5 Å². The van der Waals surface area contributed by atoms with Crippen molar-refractivity contribution in [3.05, 3.63) is 78.6 Å². The van der Waals surface area contributed by atoms with E-state index < -0.39 is 0 Å². The van der Waals surface area contributed by atoms with Crippen LogP contribution in [-0.2, 0) is 6.54 Å². The molecule has 4 heteroatoms. The SMILES string of the molecule is Oc1ccc(Oc2ccccc2NCc2cccnc2)cc1. The Morgan fingerprint density at radius 2 is 1.77 bits per heavy atom. The summed E-state index contributed by atoms with van der Waals surface area (Å²) in [5, 5.41) is 12.7. The number of rotatable bonds is 5. The first-order valence-electron chi connectivity index (χ1n) is 7.00. The van der Waals surface area contributed by atoms with E-state index in [9.17, 15) is 5.11 Å². The van der Waals surface area contributed by atoms with Crippen molar-refractivity contribution in [2.45, 2.75) is 6.54 Å². The van der Waals surface area contributed by atoms with E-state index in [-0.39, 0.29) is 5.75 Å². The van der Waals surface area contributed by atoms with Crippen LogP contribution in [0.25, 0.3) is 0 Å². The molecule has 0 atom stereocenters. The third-order valence-corrected chi connectivity index (χ3v) is 3.16. The first-order chi connectivity index (χ1) is 10.8. The van der Waals surface area contributed by atoms with Crippen LogP contribution in [0.1, 0.15) is 5.56 Å². The van der Waals surface area contributed by atoms with E-state index >= 15 is 0 Å². The summed E-state index contributed by atoms with van der Waals surface area (Å²) < 4.78 is 5.86.